The second-order valence-corrected chi connectivity index (χ2v) is 8.62. The molecule has 35 heavy (non-hydrogen) atoms. The number of nitrogens with zero attached hydrogens (tertiary/aromatic N) is 3. The third-order valence-electron chi connectivity index (χ3n) is 6.43. The standard InChI is InChI=1S/C32H27N3/c1-34(32-14-8-9-25(23-32)24-33)28-19-21-31(22-20-28)35(29-12-6-3-7-13-29)30-17-15-27(16-18-30)26-10-4-2-5-11-26/h2-19,21,23H,20,22H2,1H3. The Bertz CT molecular complexity index is 1390. The van der Waals surface area contributed by atoms with Crippen molar-refractivity contribution in [1.29, 1.82) is 5.26 Å². The Morgan fingerprint density at radius 3 is 1.83 bits per heavy atom. The molecule has 0 atom stereocenters. The summed E-state index contributed by atoms with van der Waals surface area (Å²) >= 11 is 0. The minimum absolute atomic E-state index is 0.677. The lowest BCUT2D eigenvalue weighted by molar-refractivity contribution is 0.838. The molecule has 1 aliphatic rings. The summed E-state index contributed by atoms with van der Waals surface area (Å²) < 4.78 is 0. The van der Waals surface area contributed by atoms with Crippen LogP contribution in [0.5, 0.6) is 0 Å². The molecule has 4 aromatic rings. The minimum Gasteiger partial charge on any atom is -0.348 e. The zero-order valence-electron chi connectivity index (χ0n) is 19.8. The fourth-order valence-corrected chi connectivity index (χ4v) is 4.52. The van der Waals surface area contributed by atoms with Crippen LogP contribution in [0.1, 0.15) is 18.4 Å². The molecule has 0 aliphatic heterocycles. The fourth-order valence-electron chi connectivity index (χ4n) is 4.52. The molecule has 0 fully saturated rings. The molecule has 0 heterocycles. The summed E-state index contributed by atoms with van der Waals surface area (Å²) in [5.74, 6) is 0. The molecule has 0 radical (unpaired) electrons. The van der Waals surface area contributed by atoms with Crippen molar-refractivity contribution in [2.75, 3.05) is 16.8 Å². The SMILES string of the molecule is CN(C1=CC=C(N(c2ccccc2)c2ccc(-c3ccccc3)cc2)CC1)c1cccc(C#N)c1. The number of rotatable bonds is 6. The normalized spacial score (nSPS) is 12.8. The van der Waals surface area contributed by atoms with E-state index in [1.54, 1.807) is 0 Å². The molecule has 0 amide bonds. The van der Waals surface area contributed by atoms with Crippen LogP contribution in [0.2, 0.25) is 0 Å². The number of benzene rings is 4. The van der Waals surface area contributed by atoms with E-state index >= 15 is 0 Å². The fraction of sp³-hybridized carbons (Fsp3) is 0.0938. The van der Waals surface area contributed by atoms with E-state index in [2.05, 4.69) is 114 Å². The zero-order valence-corrected chi connectivity index (χ0v) is 19.8. The van der Waals surface area contributed by atoms with E-state index in [9.17, 15) is 5.26 Å². The van der Waals surface area contributed by atoms with Gasteiger partial charge in [0.15, 0.2) is 0 Å². The van der Waals surface area contributed by atoms with Crippen LogP contribution in [0.25, 0.3) is 11.1 Å². The van der Waals surface area contributed by atoms with E-state index in [-0.39, 0.29) is 0 Å². The second-order valence-electron chi connectivity index (χ2n) is 8.62. The quantitative estimate of drug-likeness (QED) is 0.296. The number of para-hydroxylation sites is 1. The summed E-state index contributed by atoms with van der Waals surface area (Å²) in [6.45, 7) is 0. The van der Waals surface area contributed by atoms with Gasteiger partial charge in [0.1, 0.15) is 0 Å². The summed E-state index contributed by atoms with van der Waals surface area (Å²) in [5, 5.41) is 9.25. The van der Waals surface area contributed by atoms with Gasteiger partial charge in [-0.05, 0) is 78.6 Å². The van der Waals surface area contributed by atoms with Crippen molar-refractivity contribution in [3.8, 4) is 17.2 Å². The van der Waals surface area contributed by atoms with Gasteiger partial charge < -0.3 is 9.80 Å². The second kappa shape index (κ2) is 10.2. The van der Waals surface area contributed by atoms with Gasteiger partial charge in [-0.3, -0.25) is 0 Å². The first-order valence-corrected chi connectivity index (χ1v) is 11.9. The van der Waals surface area contributed by atoms with Crippen LogP contribution >= 0.6 is 0 Å². The molecule has 0 spiro atoms. The highest BCUT2D eigenvalue weighted by atomic mass is 15.2. The van der Waals surface area contributed by atoms with Crippen LogP contribution in [0, 0.1) is 11.3 Å². The first-order valence-electron chi connectivity index (χ1n) is 11.9. The summed E-state index contributed by atoms with van der Waals surface area (Å²) in [5.41, 5.74) is 8.93. The molecule has 0 unspecified atom stereocenters. The average molecular weight is 454 g/mol. The Labute approximate surface area is 207 Å². The van der Waals surface area contributed by atoms with E-state index in [1.165, 1.54) is 22.5 Å². The highest BCUT2D eigenvalue weighted by molar-refractivity contribution is 5.73. The largest absolute Gasteiger partial charge is 0.348 e. The van der Waals surface area contributed by atoms with E-state index in [4.69, 9.17) is 0 Å². The van der Waals surface area contributed by atoms with Gasteiger partial charge in [-0.2, -0.15) is 5.26 Å². The predicted molar refractivity (Wildman–Crippen MR) is 145 cm³/mol. The lowest BCUT2D eigenvalue weighted by atomic mass is 10.0. The smallest absolute Gasteiger partial charge is 0.0992 e. The van der Waals surface area contributed by atoms with E-state index < -0.39 is 0 Å². The average Bonchev–Trinajstić information content (AvgIpc) is 2.95. The van der Waals surface area contributed by atoms with Crippen molar-refractivity contribution in [3.05, 3.63) is 138 Å². The van der Waals surface area contributed by atoms with Crippen molar-refractivity contribution < 1.29 is 0 Å². The van der Waals surface area contributed by atoms with Gasteiger partial charge >= 0.3 is 0 Å². The Hall–Kier alpha value is -4.55. The molecule has 0 saturated heterocycles. The maximum atomic E-state index is 9.25. The number of allylic oxidation sites excluding steroid dienone is 4. The molecule has 0 aromatic heterocycles. The summed E-state index contributed by atoms with van der Waals surface area (Å²) in [4.78, 5) is 4.52. The molecular weight excluding hydrogens is 426 g/mol. The van der Waals surface area contributed by atoms with Crippen LogP contribution in [0.4, 0.5) is 17.1 Å². The lowest BCUT2D eigenvalue weighted by Crippen LogP contribution is -2.22. The zero-order chi connectivity index (χ0) is 24.0. The summed E-state index contributed by atoms with van der Waals surface area (Å²) in [7, 11) is 2.07. The van der Waals surface area contributed by atoms with Crippen LogP contribution in [-0.2, 0) is 0 Å². The highest BCUT2D eigenvalue weighted by Gasteiger charge is 2.19. The number of anilines is 3. The van der Waals surface area contributed by atoms with Gasteiger partial charge in [0.05, 0.1) is 11.6 Å². The number of hydrogen-bond acceptors (Lipinski definition) is 3. The van der Waals surface area contributed by atoms with Crippen molar-refractivity contribution in [2.24, 2.45) is 0 Å². The van der Waals surface area contributed by atoms with Crippen molar-refractivity contribution in [3.63, 3.8) is 0 Å². The predicted octanol–water partition coefficient (Wildman–Crippen LogP) is 8.06. The lowest BCUT2D eigenvalue weighted by Gasteiger charge is -2.32. The van der Waals surface area contributed by atoms with Crippen LogP contribution < -0.4 is 9.80 Å². The van der Waals surface area contributed by atoms with Gasteiger partial charge in [-0.1, -0.05) is 66.7 Å². The molecule has 4 aromatic carbocycles. The molecule has 3 heteroatoms. The van der Waals surface area contributed by atoms with Gasteiger partial charge in [0.2, 0.25) is 0 Å². The van der Waals surface area contributed by atoms with Gasteiger partial charge in [0, 0.05) is 35.5 Å². The molecule has 170 valence electrons. The van der Waals surface area contributed by atoms with E-state index in [1.807, 2.05) is 30.3 Å². The van der Waals surface area contributed by atoms with Crippen molar-refractivity contribution >= 4 is 17.1 Å². The molecule has 3 nitrogen and oxygen atoms in total. The maximum Gasteiger partial charge on any atom is 0.0992 e. The molecule has 1 aliphatic carbocycles. The monoisotopic (exact) mass is 453 g/mol. The van der Waals surface area contributed by atoms with Gasteiger partial charge in [0.25, 0.3) is 0 Å². The van der Waals surface area contributed by atoms with Gasteiger partial charge in [-0.25, -0.2) is 0 Å². The molecular formula is C32H27N3. The van der Waals surface area contributed by atoms with E-state index in [0.717, 1.165) is 29.9 Å². The highest BCUT2D eigenvalue weighted by Crippen LogP contribution is 2.36. The van der Waals surface area contributed by atoms with Crippen molar-refractivity contribution in [2.45, 2.75) is 12.8 Å². The van der Waals surface area contributed by atoms with Crippen molar-refractivity contribution in [1.82, 2.24) is 0 Å². The maximum absolute atomic E-state index is 9.25. The third kappa shape index (κ3) is 4.88. The summed E-state index contributed by atoms with van der Waals surface area (Å²) in [6.07, 6.45) is 6.27. The Balaban J connectivity index is 1.46. The van der Waals surface area contributed by atoms with Crippen LogP contribution in [-0.4, -0.2) is 7.05 Å². The first kappa shape index (κ1) is 22.3. The number of nitriles is 1. The molecule has 0 N–H and O–H groups in total. The van der Waals surface area contributed by atoms with Gasteiger partial charge in [-0.15, -0.1) is 0 Å². The number of hydrogen-bond donors (Lipinski definition) is 0. The van der Waals surface area contributed by atoms with Crippen LogP contribution in [0.3, 0.4) is 0 Å². The van der Waals surface area contributed by atoms with Crippen LogP contribution in [0.15, 0.2) is 133 Å². The van der Waals surface area contributed by atoms with E-state index in [0.29, 0.717) is 5.56 Å². The Morgan fingerprint density at radius 2 is 1.17 bits per heavy atom. The molecule has 5 rings (SSSR count). The molecule has 0 saturated carbocycles. The topological polar surface area (TPSA) is 30.3 Å². The Morgan fingerprint density at radius 1 is 0.600 bits per heavy atom. The summed E-state index contributed by atoms with van der Waals surface area (Å²) in [6, 6.07) is 39.8. The Kier molecular flexibility index (Phi) is 6.46. The first-order chi connectivity index (χ1) is 17.2. The minimum atomic E-state index is 0.677. The third-order valence-corrected chi connectivity index (χ3v) is 6.43. The molecule has 0 bridgehead atoms.